The van der Waals surface area contributed by atoms with Crippen LogP contribution in [0.4, 0.5) is 0 Å². The summed E-state index contributed by atoms with van der Waals surface area (Å²) in [7, 11) is 1.86. The normalized spacial score (nSPS) is 10.1. The van der Waals surface area contributed by atoms with E-state index in [1.807, 2.05) is 64.2 Å². The highest BCUT2D eigenvalue weighted by atomic mass is 35.5. The van der Waals surface area contributed by atoms with Gasteiger partial charge in [-0.2, -0.15) is 5.10 Å². The van der Waals surface area contributed by atoms with Crippen LogP contribution >= 0.6 is 11.6 Å². The van der Waals surface area contributed by atoms with Gasteiger partial charge in [0.15, 0.2) is 0 Å². The Balaban J connectivity index is 0.000000774. The maximum absolute atomic E-state index is 6.18. The molecule has 0 amide bonds. The fourth-order valence-corrected chi connectivity index (χ4v) is 2.33. The Labute approximate surface area is 130 Å². The minimum atomic E-state index is 0.672. The van der Waals surface area contributed by atoms with E-state index in [1.54, 1.807) is 10.9 Å². The van der Waals surface area contributed by atoms with Crippen molar-refractivity contribution in [3.63, 3.8) is 0 Å². The van der Waals surface area contributed by atoms with Crippen LogP contribution < -0.4 is 4.74 Å². The molecule has 110 valence electrons. The molecule has 0 aliphatic rings. The highest BCUT2D eigenvalue weighted by Crippen LogP contribution is 2.33. The van der Waals surface area contributed by atoms with Gasteiger partial charge in [-0.25, -0.2) is 0 Å². The van der Waals surface area contributed by atoms with Crippen LogP contribution in [0.5, 0.6) is 11.5 Å². The van der Waals surface area contributed by atoms with Crippen molar-refractivity contribution in [3.8, 4) is 11.5 Å². The lowest BCUT2D eigenvalue weighted by atomic mass is 10.2. The Bertz CT molecular complexity index is 732. The van der Waals surface area contributed by atoms with Crippen molar-refractivity contribution in [2.75, 3.05) is 0 Å². The molecule has 1 aromatic heterocycles. The average Bonchev–Trinajstić information content (AvgIpc) is 2.90. The summed E-state index contributed by atoms with van der Waals surface area (Å²) in [6, 6.07) is 11.6. The molecule has 1 heterocycles. The number of hydrogen-bond acceptors (Lipinski definition) is 2. The van der Waals surface area contributed by atoms with E-state index < -0.39 is 0 Å². The van der Waals surface area contributed by atoms with E-state index in [2.05, 4.69) is 5.10 Å². The molecule has 0 bridgehead atoms. The Kier molecular flexibility index (Phi) is 4.86. The van der Waals surface area contributed by atoms with Gasteiger partial charge in [-0.1, -0.05) is 43.1 Å². The van der Waals surface area contributed by atoms with Crippen molar-refractivity contribution in [2.45, 2.75) is 20.8 Å². The van der Waals surface area contributed by atoms with Gasteiger partial charge >= 0.3 is 0 Å². The van der Waals surface area contributed by atoms with E-state index in [-0.39, 0.29) is 0 Å². The van der Waals surface area contributed by atoms with Gasteiger partial charge in [0.25, 0.3) is 0 Å². The van der Waals surface area contributed by atoms with Crippen LogP contribution in [0, 0.1) is 6.92 Å². The number of benzene rings is 2. The standard InChI is InChI=1S/C15H13ClN2O.C2H6/c1-10-3-5-11(6-4-10)19-14-8-7-13(16)15-12(14)9-17-18(15)2;1-2/h3-9H,1-2H3;1-2H3. The molecule has 0 radical (unpaired) electrons. The third kappa shape index (κ3) is 3.19. The fourth-order valence-electron chi connectivity index (χ4n) is 2.04. The first-order valence-corrected chi connectivity index (χ1v) is 7.37. The molecule has 0 aliphatic heterocycles. The van der Waals surface area contributed by atoms with Crippen LogP contribution in [0.1, 0.15) is 19.4 Å². The molecule has 0 atom stereocenters. The van der Waals surface area contributed by atoms with Gasteiger partial charge in [-0.3, -0.25) is 4.68 Å². The Hall–Kier alpha value is -2.00. The molecule has 4 heteroatoms. The second-order valence-electron chi connectivity index (χ2n) is 4.49. The molecule has 0 aliphatic carbocycles. The third-order valence-electron chi connectivity index (χ3n) is 3.06. The zero-order valence-corrected chi connectivity index (χ0v) is 13.5. The summed E-state index contributed by atoms with van der Waals surface area (Å²) >= 11 is 6.18. The lowest BCUT2D eigenvalue weighted by Crippen LogP contribution is -1.90. The molecule has 21 heavy (non-hydrogen) atoms. The van der Waals surface area contributed by atoms with Crippen LogP contribution in [0.25, 0.3) is 10.9 Å². The quantitative estimate of drug-likeness (QED) is 0.637. The predicted molar refractivity (Wildman–Crippen MR) is 88.3 cm³/mol. The van der Waals surface area contributed by atoms with Gasteiger partial charge in [-0.05, 0) is 31.2 Å². The van der Waals surface area contributed by atoms with Crippen molar-refractivity contribution in [1.29, 1.82) is 0 Å². The maximum atomic E-state index is 6.18. The van der Waals surface area contributed by atoms with E-state index in [1.165, 1.54) is 5.56 Å². The van der Waals surface area contributed by atoms with Crippen LogP contribution in [0.2, 0.25) is 5.02 Å². The highest BCUT2D eigenvalue weighted by Gasteiger charge is 2.10. The first kappa shape index (κ1) is 15.4. The number of aryl methyl sites for hydroxylation is 2. The zero-order valence-electron chi connectivity index (χ0n) is 12.7. The van der Waals surface area contributed by atoms with E-state index in [4.69, 9.17) is 16.3 Å². The molecule has 0 saturated carbocycles. The largest absolute Gasteiger partial charge is 0.457 e. The number of nitrogens with zero attached hydrogens (tertiary/aromatic N) is 2. The minimum Gasteiger partial charge on any atom is -0.457 e. The Morgan fingerprint density at radius 3 is 2.38 bits per heavy atom. The molecule has 3 aromatic rings. The molecule has 3 rings (SSSR count). The van der Waals surface area contributed by atoms with Crippen LogP contribution in [-0.4, -0.2) is 9.78 Å². The second-order valence-corrected chi connectivity index (χ2v) is 4.90. The number of fused-ring (bicyclic) bond motifs is 1. The second kappa shape index (κ2) is 6.64. The van der Waals surface area contributed by atoms with Gasteiger partial charge in [0.1, 0.15) is 11.5 Å². The molecule has 0 fully saturated rings. The summed E-state index contributed by atoms with van der Waals surface area (Å²) < 4.78 is 7.65. The van der Waals surface area contributed by atoms with E-state index in [0.717, 1.165) is 22.4 Å². The van der Waals surface area contributed by atoms with Crippen molar-refractivity contribution >= 4 is 22.5 Å². The lowest BCUT2D eigenvalue weighted by molar-refractivity contribution is 0.488. The molecule has 0 N–H and O–H groups in total. The summed E-state index contributed by atoms with van der Waals surface area (Å²) in [4.78, 5) is 0. The monoisotopic (exact) mass is 302 g/mol. The van der Waals surface area contributed by atoms with Crippen LogP contribution in [0.15, 0.2) is 42.6 Å². The SMILES string of the molecule is CC.Cc1ccc(Oc2ccc(Cl)c3c2cnn3C)cc1. The van der Waals surface area contributed by atoms with Crippen LogP contribution in [0.3, 0.4) is 0 Å². The highest BCUT2D eigenvalue weighted by molar-refractivity contribution is 6.35. The van der Waals surface area contributed by atoms with Gasteiger partial charge in [0, 0.05) is 7.05 Å². The Morgan fingerprint density at radius 2 is 1.71 bits per heavy atom. The van der Waals surface area contributed by atoms with Gasteiger partial charge in [0.2, 0.25) is 0 Å². The molecule has 0 spiro atoms. The van der Waals surface area contributed by atoms with Crippen molar-refractivity contribution in [3.05, 3.63) is 53.2 Å². The van der Waals surface area contributed by atoms with E-state index >= 15 is 0 Å². The summed E-state index contributed by atoms with van der Waals surface area (Å²) in [5.41, 5.74) is 2.08. The fraction of sp³-hybridized carbons (Fsp3) is 0.235. The predicted octanol–water partition coefficient (Wildman–Crippen LogP) is 5.35. The number of halogens is 1. The number of ether oxygens (including phenoxy) is 1. The molecule has 0 saturated heterocycles. The third-order valence-corrected chi connectivity index (χ3v) is 3.37. The minimum absolute atomic E-state index is 0.672. The summed E-state index contributed by atoms with van der Waals surface area (Å²) in [6.07, 6.45) is 1.77. The van der Waals surface area contributed by atoms with Gasteiger partial charge in [0.05, 0.1) is 22.1 Å². The molecule has 3 nitrogen and oxygen atoms in total. The van der Waals surface area contributed by atoms with Crippen LogP contribution in [-0.2, 0) is 7.05 Å². The number of rotatable bonds is 2. The van der Waals surface area contributed by atoms with Gasteiger partial charge in [-0.15, -0.1) is 0 Å². The Morgan fingerprint density at radius 1 is 1.05 bits per heavy atom. The lowest BCUT2D eigenvalue weighted by Gasteiger charge is -2.08. The number of aromatic nitrogens is 2. The summed E-state index contributed by atoms with van der Waals surface area (Å²) in [5, 5.41) is 5.81. The summed E-state index contributed by atoms with van der Waals surface area (Å²) in [6.45, 7) is 6.05. The summed E-state index contributed by atoms with van der Waals surface area (Å²) in [5.74, 6) is 1.56. The smallest absolute Gasteiger partial charge is 0.138 e. The molecule has 2 aromatic carbocycles. The molecular weight excluding hydrogens is 284 g/mol. The topological polar surface area (TPSA) is 27.1 Å². The maximum Gasteiger partial charge on any atom is 0.138 e. The molecule has 0 unspecified atom stereocenters. The first-order chi connectivity index (χ1) is 10.1. The van der Waals surface area contributed by atoms with Crippen molar-refractivity contribution in [2.24, 2.45) is 7.05 Å². The van der Waals surface area contributed by atoms with Crippen molar-refractivity contribution < 1.29 is 4.74 Å². The van der Waals surface area contributed by atoms with E-state index in [9.17, 15) is 0 Å². The number of hydrogen-bond donors (Lipinski definition) is 0. The average molecular weight is 303 g/mol. The van der Waals surface area contributed by atoms with Gasteiger partial charge < -0.3 is 4.74 Å². The van der Waals surface area contributed by atoms with Crippen molar-refractivity contribution in [1.82, 2.24) is 9.78 Å². The molecular formula is C17H19ClN2O. The van der Waals surface area contributed by atoms with E-state index in [0.29, 0.717) is 5.02 Å². The first-order valence-electron chi connectivity index (χ1n) is 7.00. The zero-order chi connectivity index (χ0) is 15.4.